The Hall–Kier alpha value is -1.06. The Morgan fingerprint density at radius 3 is 2.29 bits per heavy atom. The predicted molar refractivity (Wildman–Crippen MR) is 65.6 cm³/mol. The van der Waals surface area contributed by atoms with Crippen molar-refractivity contribution in [3.63, 3.8) is 0 Å². The number of hydrogen-bond donors (Lipinski definition) is 2. The van der Waals surface area contributed by atoms with Crippen molar-refractivity contribution in [1.82, 2.24) is 5.32 Å². The first kappa shape index (κ1) is 14.0. The molecule has 17 heavy (non-hydrogen) atoms. The molecule has 1 aliphatic carbocycles. The summed E-state index contributed by atoms with van der Waals surface area (Å²) in [5, 5.41) is 11.6. The van der Waals surface area contributed by atoms with Crippen LogP contribution in [-0.2, 0) is 9.59 Å². The minimum Gasteiger partial charge on any atom is -0.480 e. The van der Waals surface area contributed by atoms with E-state index in [0.717, 1.165) is 12.8 Å². The van der Waals surface area contributed by atoms with Gasteiger partial charge in [-0.1, -0.05) is 33.6 Å². The molecule has 1 saturated carbocycles. The van der Waals surface area contributed by atoms with Crippen molar-refractivity contribution in [2.75, 3.05) is 0 Å². The van der Waals surface area contributed by atoms with E-state index in [-0.39, 0.29) is 5.91 Å². The van der Waals surface area contributed by atoms with Crippen LogP contribution in [0.4, 0.5) is 0 Å². The van der Waals surface area contributed by atoms with E-state index in [9.17, 15) is 9.59 Å². The fraction of sp³-hybridized carbons (Fsp3) is 0.846. The number of aliphatic carboxylic acids is 1. The van der Waals surface area contributed by atoms with Crippen molar-refractivity contribution < 1.29 is 14.7 Å². The number of carbonyl (C=O) groups excluding carboxylic acids is 1. The number of carboxylic acid groups (broad SMARTS) is 1. The van der Waals surface area contributed by atoms with Crippen molar-refractivity contribution >= 4 is 11.9 Å². The van der Waals surface area contributed by atoms with Crippen LogP contribution in [0.1, 0.15) is 52.9 Å². The van der Waals surface area contributed by atoms with Crippen LogP contribution >= 0.6 is 0 Å². The van der Waals surface area contributed by atoms with E-state index in [1.807, 2.05) is 13.8 Å². The van der Waals surface area contributed by atoms with Gasteiger partial charge in [0.2, 0.25) is 5.91 Å². The minimum atomic E-state index is -0.955. The second kappa shape index (κ2) is 5.52. The molecule has 1 amide bonds. The highest BCUT2D eigenvalue weighted by Gasteiger charge is 2.39. The third-order valence-corrected chi connectivity index (χ3v) is 3.97. The Morgan fingerprint density at radius 2 is 1.88 bits per heavy atom. The average molecular weight is 241 g/mol. The van der Waals surface area contributed by atoms with Gasteiger partial charge in [-0.3, -0.25) is 4.79 Å². The van der Waals surface area contributed by atoms with Gasteiger partial charge in [-0.15, -0.1) is 0 Å². The van der Waals surface area contributed by atoms with Crippen molar-refractivity contribution in [1.29, 1.82) is 0 Å². The molecule has 1 atom stereocenters. The Balaban J connectivity index is 2.64. The molecule has 1 rings (SSSR count). The van der Waals surface area contributed by atoms with Crippen LogP contribution in [0, 0.1) is 11.3 Å². The molecule has 0 radical (unpaired) electrons. The quantitative estimate of drug-likeness (QED) is 0.775. The maximum Gasteiger partial charge on any atom is 0.326 e. The summed E-state index contributed by atoms with van der Waals surface area (Å²) in [5.74, 6) is -0.699. The van der Waals surface area contributed by atoms with Gasteiger partial charge in [0.25, 0.3) is 0 Å². The van der Waals surface area contributed by atoms with Crippen molar-refractivity contribution in [3.8, 4) is 0 Å². The van der Waals surface area contributed by atoms with Crippen molar-refractivity contribution in [3.05, 3.63) is 0 Å². The summed E-state index contributed by atoms with van der Waals surface area (Å²) in [7, 11) is 0. The summed E-state index contributed by atoms with van der Waals surface area (Å²) in [5.41, 5.74) is -0.459. The molecular formula is C13H23NO3. The Morgan fingerprint density at radius 1 is 1.35 bits per heavy atom. The van der Waals surface area contributed by atoms with Crippen LogP contribution < -0.4 is 5.32 Å². The van der Waals surface area contributed by atoms with Crippen LogP contribution in [0.25, 0.3) is 0 Å². The highest BCUT2D eigenvalue weighted by molar-refractivity contribution is 5.87. The number of rotatable bonds is 5. The van der Waals surface area contributed by atoms with Gasteiger partial charge in [0.1, 0.15) is 6.04 Å². The Kier molecular flexibility index (Phi) is 4.54. The van der Waals surface area contributed by atoms with Gasteiger partial charge in [0.05, 0.1) is 0 Å². The van der Waals surface area contributed by atoms with Gasteiger partial charge in [0.15, 0.2) is 0 Å². The van der Waals surface area contributed by atoms with Crippen LogP contribution in [0.3, 0.4) is 0 Å². The summed E-state index contributed by atoms with van der Waals surface area (Å²) in [6.45, 7) is 5.61. The molecule has 1 fully saturated rings. The highest BCUT2D eigenvalue weighted by atomic mass is 16.4. The van der Waals surface area contributed by atoms with Gasteiger partial charge < -0.3 is 10.4 Å². The number of hydrogen-bond acceptors (Lipinski definition) is 2. The summed E-state index contributed by atoms with van der Waals surface area (Å²) >= 11 is 0. The number of nitrogens with one attached hydrogen (secondary N) is 1. The van der Waals surface area contributed by atoms with Gasteiger partial charge in [-0.2, -0.15) is 0 Å². The first-order chi connectivity index (χ1) is 7.89. The molecule has 98 valence electrons. The monoisotopic (exact) mass is 241 g/mol. The second-order valence-corrected chi connectivity index (χ2v) is 5.48. The van der Waals surface area contributed by atoms with E-state index in [1.54, 1.807) is 6.92 Å². The fourth-order valence-corrected chi connectivity index (χ4v) is 2.52. The lowest BCUT2D eigenvalue weighted by atomic mass is 9.77. The largest absolute Gasteiger partial charge is 0.480 e. The molecule has 4 heteroatoms. The maximum atomic E-state index is 12.2. The normalized spacial score (nSPS) is 19.0. The van der Waals surface area contributed by atoms with Gasteiger partial charge in [-0.25, -0.2) is 4.79 Å². The average Bonchev–Trinajstić information content (AvgIpc) is 2.78. The van der Waals surface area contributed by atoms with Crippen LogP contribution in [-0.4, -0.2) is 23.0 Å². The molecule has 0 heterocycles. The number of amides is 1. The molecule has 0 aromatic heterocycles. The SMILES string of the molecule is CCC(NC(=O)C(C)(C)C1CCCC1)C(=O)O. The van der Waals surface area contributed by atoms with Crippen LogP contribution in [0.5, 0.6) is 0 Å². The molecule has 0 bridgehead atoms. The number of carbonyl (C=O) groups is 2. The number of carboxylic acids is 1. The summed E-state index contributed by atoms with van der Waals surface area (Å²) in [6.07, 6.45) is 4.92. The fourth-order valence-electron chi connectivity index (χ4n) is 2.52. The van der Waals surface area contributed by atoms with Crippen LogP contribution in [0.2, 0.25) is 0 Å². The van der Waals surface area contributed by atoms with E-state index < -0.39 is 17.4 Å². The third-order valence-electron chi connectivity index (χ3n) is 3.97. The smallest absolute Gasteiger partial charge is 0.326 e. The molecule has 0 aromatic rings. The Labute approximate surface area is 103 Å². The molecular weight excluding hydrogens is 218 g/mol. The lowest BCUT2D eigenvalue weighted by molar-refractivity contribution is -0.144. The zero-order valence-corrected chi connectivity index (χ0v) is 11.0. The molecule has 0 aromatic carbocycles. The van der Waals surface area contributed by atoms with Crippen LogP contribution in [0.15, 0.2) is 0 Å². The molecule has 4 nitrogen and oxygen atoms in total. The topological polar surface area (TPSA) is 66.4 Å². The standard InChI is InChI=1S/C13H23NO3/c1-4-10(11(15)16)14-12(17)13(2,3)9-7-5-6-8-9/h9-10H,4-8H2,1-3H3,(H,14,17)(H,15,16). The van der Waals surface area contributed by atoms with Gasteiger partial charge in [-0.05, 0) is 25.2 Å². The molecule has 1 unspecified atom stereocenters. The van der Waals surface area contributed by atoms with E-state index in [1.165, 1.54) is 12.8 Å². The zero-order valence-electron chi connectivity index (χ0n) is 11.0. The van der Waals surface area contributed by atoms with Gasteiger partial charge >= 0.3 is 5.97 Å². The summed E-state index contributed by atoms with van der Waals surface area (Å²) in [6, 6.07) is -0.761. The summed E-state index contributed by atoms with van der Waals surface area (Å²) < 4.78 is 0. The third kappa shape index (κ3) is 3.20. The van der Waals surface area contributed by atoms with Gasteiger partial charge in [0, 0.05) is 5.41 Å². The molecule has 0 spiro atoms. The predicted octanol–water partition coefficient (Wildman–Crippen LogP) is 2.18. The summed E-state index contributed by atoms with van der Waals surface area (Å²) in [4.78, 5) is 23.1. The lowest BCUT2D eigenvalue weighted by Gasteiger charge is -2.31. The molecule has 2 N–H and O–H groups in total. The first-order valence-corrected chi connectivity index (χ1v) is 6.43. The van der Waals surface area contributed by atoms with E-state index in [0.29, 0.717) is 12.3 Å². The molecule has 0 aliphatic heterocycles. The maximum absolute atomic E-state index is 12.2. The highest BCUT2D eigenvalue weighted by Crippen LogP contribution is 2.39. The van der Waals surface area contributed by atoms with E-state index in [4.69, 9.17) is 5.11 Å². The lowest BCUT2D eigenvalue weighted by Crippen LogP contribution is -2.48. The Bertz CT molecular complexity index is 293. The molecule has 0 saturated heterocycles. The first-order valence-electron chi connectivity index (χ1n) is 6.43. The van der Waals surface area contributed by atoms with E-state index in [2.05, 4.69) is 5.32 Å². The minimum absolute atomic E-state index is 0.126. The van der Waals surface area contributed by atoms with Crippen molar-refractivity contribution in [2.24, 2.45) is 11.3 Å². The van der Waals surface area contributed by atoms with E-state index >= 15 is 0 Å². The second-order valence-electron chi connectivity index (χ2n) is 5.48. The zero-order chi connectivity index (χ0) is 13.1. The molecule has 1 aliphatic rings. The van der Waals surface area contributed by atoms with Crippen molar-refractivity contribution in [2.45, 2.75) is 58.9 Å².